The molecular weight excluding hydrogens is 244 g/mol. The Balaban J connectivity index is 3.01. The molecule has 3 nitrogen and oxygen atoms in total. The second-order valence-corrected chi connectivity index (χ2v) is 6.99. The van der Waals surface area contributed by atoms with Gasteiger partial charge in [-0.1, -0.05) is 45.5 Å². The van der Waals surface area contributed by atoms with Crippen molar-refractivity contribution in [1.29, 1.82) is 0 Å². The van der Waals surface area contributed by atoms with Gasteiger partial charge in [-0.15, -0.1) is 0 Å². The Morgan fingerprint density at radius 1 is 1.39 bits per heavy atom. The summed E-state index contributed by atoms with van der Waals surface area (Å²) in [6.07, 6.45) is 2.34. The summed E-state index contributed by atoms with van der Waals surface area (Å²) >= 11 is 1.61. The highest BCUT2D eigenvalue weighted by atomic mass is 32.1. The van der Waals surface area contributed by atoms with E-state index in [1.165, 1.54) is 6.42 Å². The van der Waals surface area contributed by atoms with Gasteiger partial charge in [0.1, 0.15) is 0 Å². The van der Waals surface area contributed by atoms with Gasteiger partial charge in [-0.05, 0) is 13.3 Å². The van der Waals surface area contributed by atoms with Gasteiger partial charge in [-0.25, -0.2) is 4.98 Å². The molecule has 0 aliphatic rings. The van der Waals surface area contributed by atoms with Crippen LogP contribution in [0.15, 0.2) is 0 Å². The maximum atomic E-state index is 9.47. The second kappa shape index (κ2) is 6.02. The summed E-state index contributed by atoms with van der Waals surface area (Å²) in [6.45, 7) is 10.9. The minimum atomic E-state index is -0.0123. The Hall–Kier alpha value is -0.610. The summed E-state index contributed by atoms with van der Waals surface area (Å²) in [5.74, 6) is 0. The number of anilines is 1. The van der Waals surface area contributed by atoms with Crippen molar-refractivity contribution in [2.24, 2.45) is 0 Å². The summed E-state index contributed by atoms with van der Waals surface area (Å²) in [5.41, 5.74) is 1.02. The van der Waals surface area contributed by atoms with E-state index in [1.807, 2.05) is 0 Å². The lowest BCUT2D eigenvalue weighted by Gasteiger charge is -2.24. The van der Waals surface area contributed by atoms with E-state index in [1.54, 1.807) is 11.3 Å². The van der Waals surface area contributed by atoms with Crippen molar-refractivity contribution in [2.45, 2.75) is 65.5 Å². The molecule has 1 heterocycles. The predicted octanol–water partition coefficient (Wildman–Crippen LogP) is 3.56. The quantitative estimate of drug-likeness (QED) is 0.889. The summed E-state index contributed by atoms with van der Waals surface area (Å²) < 4.78 is 0. The van der Waals surface area contributed by atoms with Crippen LogP contribution in [-0.2, 0) is 12.0 Å². The molecule has 0 aliphatic heterocycles. The zero-order valence-corrected chi connectivity index (χ0v) is 13.3. The molecule has 0 amide bonds. The topological polar surface area (TPSA) is 36.4 Å². The normalized spacial score (nSPS) is 13.7. The van der Waals surface area contributed by atoms with E-state index >= 15 is 0 Å². The molecule has 1 aromatic heterocycles. The molecule has 4 heteroatoms. The number of nitrogens with zero attached hydrogens (tertiary/aromatic N) is 2. The van der Waals surface area contributed by atoms with E-state index in [2.05, 4.69) is 46.6 Å². The van der Waals surface area contributed by atoms with Crippen LogP contribution in [0.3, 0.4) is 0 Å². The van der Waals surface area contributed by atoms with Crippen LogP contribution in [0, 0.1) is 0 Å². The molecule has 1 atom stereocenters. The van der Waals surface area contributed by atoms with Gasteiger partial charge >= 0.3 is 0 Å². The molecule has 0 aliphatic carbocycles. The van der Waals surface area contributed by atoms with Crippen molar-refractivity contribution in [3.8, 4) is 0 Å². The molecule has 0 aromatic carbocycles. The number of aliphatic hydroxyl groups excluding tert-OH is 1. The van der Waals surface area contributed by atoms with Crippen molar-refractivity contribution in [2.75, 3.05) is 11.9 Å². The first-order valence-electron chi connectivity index (χ1n) is 6.65. The largest absolute Gasteiger partial charge is 0.391 e. The standard InChI is InChI=1S/C14H26N2OS/c1-7-8-10(2)16(6)13-15-12(14(3,4)5)11(9-17)18-13/h10,17H,7-9H2,1-6H3. The Labute approximate surface area is 115 Å². The van der Waals surface area contributed by atoms with E-state index in [0.717, 1.165) is 22.1 Å². The van der Waals surface area contributed by atoms with Crippen LogP contribution in [-0.4, -0.2) is 23.2 Å². The van der Waals surface area contributed by atoms with Gasteiger partial charge in [0, 0.05) is 18.5 Å². The molecule has 0 fully saturated rings. The number of aromatic nitrogens is 1. The average molecular weight is 270 g/mol. The minimum absolute atomic E-state index is 0.0123. The summed E-state index contributed by atoms with van der Waals surface area (Å²) in [5, 5.41) is 10.5. The lowest BCUT2D eigenvalue weighted by molar-refractivity contribution is 0.282. The maximum absolute atomic E-state index is 9.47. The van der Waals surface area contributed by atoms with E-state index in [9.17, 15) is 5.11 Å². The first kappa shape index (κ1) is 15.4. The first-order valence-corrected chi connectivity index (χ1v) is 7.46. The van der Waals surface area contributed by atoms with E-state index in [4.69, 9.17) is 4.98 Å². The van der Waals surface area contributed by atoms with Crippen molar-refractivity contribution in [3.05, 3.63) is 10.6 Å². The van der Waals surface area contributed by atoms with Crippen LogP contribution in [0.2, 0.25) is 0 Å². The maximum Gasteiger partial charge on any atom is 0.185 e. The predicted molar refractivity (Wildman–Crippen MR) is 79.5 cm³/mol. The summed E-state index contributed by atoms with van der Waals surface area (Å²) in [4.78, 5) is 7.96. The van der Waals surface area contributed by atoms with Crippen LogP contribution in [0.4, 0.5) is 5.13 Å². The summed E-state index contributed by atoms with van der Waals surface area (Å²) in [7, 11) is 2.09. The summed E-state index contributed by atoms with van der Waals surface area (Å²) in [6, 6.07) is 0.487. The highest BCUT2D eigenvalue weighted by Crippen LogP contribution is 2.34. The van der Waals surface area contributed by atoms with Gasteiger partial charge in [0.05, 0.1) is 17.2 Å². The van der Waals surface area contributed by atoms with Crippen molar-refractivity contribution < 1.29 is 5.11 Å². The Bertz CT molecular complexity index is 382. The molecule has 0 saturated heterocycles. The molecule has 1 unspecified atom stereocenters. The minimum Gasteiger partial charge on any atom is -0.391 e. The number of rotatable bonds is 5. The smallest absolute Gasteiger partial charge is 0.185 e. The van der Waals surface area contributed by atoms with Gasteiger partial charge in [0.15, 0.2) is 5.13 Å². The molecular formula is C14H26N2OS. The van der Waals surface area contributed by atoms with E-state index < -0.39 is 0 Å². The highest BCUT2D eigenvalue weighted by molar-refractivity contribution is 7.15. The molecule has 104 valence electrons. The third-order valence-corrected chi connectivity index (χ3v) is 4.34. The van der Waals surface area contributed by atoms with Crippen LogP contribution < -0.4 is 4.90 Å². The van der Waals surface area contributed by atoms with Crippen molar-refractivity contribution >= 4 is 16.5 Å². The van der Waals surface area contributed by atoms with Crippen LogP contribution in [0.1, 0.15) is 58.0 Å². The van der Waals surface area contributed by atoms with Crippen molar-refractivity contribution in [3.63, 3.8) is 0 Å². The Morgan fingerprint density at radius 2 is 2.00 bits per heavy atom. The fraction of sp³-hybridized carbons (Fsp3) is 0.786. The average Bonchev–Trinajstić information content (AvgIpc) is 2.71. The SMILES string of the molecule is CCCC(C)N(C)c1nc(C(C)(C)C)c(CO)s1. The monoisotopic (exact) mass is 270 g/mol. The molecule has 1 rings (SSSR count). The van der Waals surface area contributed by atoms with E-state index in [0.29, 0.717) is 6.04 Å². The van der Waals surface area contributed by atoms with Crippen molar-refractivity contribution in [1.82, 2.24) is 4.98 Å². The first-order chi connectivity index (χ1) is 8.31. The number of aliphatic hydroxyl groups is 1. The zero-order valence-electron chi connectivity index (χ0n) is 12.4. The molecule has 18 heavy (non-hydrogen) atoms. The van der Waals surface area contributed by atoms with Gasteiger partial charge in [0.2, 0.25) is 0 Å². The Morgan fingerprint density at radius 3 is 2.39 bits per heavy atom. The highest BCUT2D eigenvalue weighted by Gasteiger charge is 2.24. The molecule has 1 N–H and O–H groups in total. The lowest BCUT2D eigenvalue weighted by Crippen LogP contribution is -2.28. The second-order valence-electron chi connectivity index (χ2n) is 5.92. The number of thiazole rings is 1. The van der Waals surface area contributed by atoms with Crippen LogP contribution in [0.25, 0.3) is 0 Å². The number of hydrogen-bond donors (Lipinski definition) is 1. The molecule has 0 saturated carbocycles. The fourth-order valence-corrected chi connectivity index (χ4v) is 3.18. The van der Waals surface area contributed by atoms with Gasteiger partial charge in [0.25, 0.3) is 0 Å². The molecule has 0 radical (unpaired) electrons. The zero-order chi connectivity index (χ0) is 13.9. The van der Waals surface area contributed by atoms with Gasteiger partial charge < -0.3 is 10.0 Å². The lowest BCUT2D eigenvalue weighted by atomic mass is 9.91. The molecule has 0 spiro atoms. The third kappa shape index (κ3) is 3.45. The fourth-order valence-electron chi connectivity index (χ4n) is 1.98. The Kier molecular flexibility index (Phi) is 5.17. The molecule has 1 aromatic rings. The van der Waals surface area contributed by atoms with Crippen LogP contribution in [0.5, 0.6) is 0 Å². The molecule has 0 bridgehead atoms. The van der Waals surface area contributed by atoms with E-state index in [-0.39, 0.29) is 12.0 Å². The van der Waals surface area contributed by atoms with Gasteiger partial charge in [-0.3, -0.25) is 0 Å². The van der Waals surface area contributed by atoms with Crippen LogP contribution >= 0.6 is 11.3 Å². The third-order valence-electron chi connectivity index (χ3n) is 3.21. The number of hydrogen-bond acceptors (Lipinski definition) is 4. The van der Waals surface area contributed by atoms with Gasteiger partial charge in [-0.2, -0.15) is 0 Å².